The normalized spacial score (nSPS) is 14.8. The van der Waals surface area contributed by atoms with Crippen molar-refractivity contribution in [3.05, 3.63) is 161 Å². The fourth-order valence-corrected chi connectivity index (χ4v) is 8.02. The van der Waals surface area contributed by atoms with Crippen LogP contribution in [0.4, 0.5) is 10.1 Å². The summed E-state index contributed by atoms with van der Waals surface area (Å²) in [5, 5.41) is 5.32. The SMILES string of the molecule is C=C(c1ccc(F)c(-c2ccnc(CC)c2)n1)c1ccc(N2CCN(CC3=C(c4ccc(C)cc4)CC(C)(C)CC3)CC2)cc1C.C=Cc1cnc2[nH]ccc2c1.CC.NS. The number of aromatic amines is 1. The van der Waals surface area contributed by atoms with E-state index in [9.17, 15) is 4.39 Å². The molecule has 3 N–H and O–H groups in total. The molecule has 1 aliphatic carbocycles. The number of nitrogens with two attached hydrogens (primary N) is 1. The van der Waals surface area contributed by atoms with Crippen molar-refractivity contribution in [2.75, 3.05) is 37.6 Å². The van der Waals surface area contributed by atoms with Crippen molar-refractivity contribution in [2.45, 2.75) is 74.1 Å². The molecule has 8 rings (SSSR count). The van der Waals surface area contributed by atoms with Crippen LogP contribution in [0.1, 0.15) is 93.1 Å². The Hall–Kier alpha value is -5.35. The number of pyridine rings is 3. The Kier molecular flexibility index (Phi) is 16.8. The number of rotatable bonds is 9. The van der Waals surface area contributed by atoms with Crippen LogP contribution < -0.4 is 10.0 Å². The van der Waals surface area contributed by atoms with Crippen molar-refractivity contribution in [3.8, 4) is 11.3 Å². The topological polar surface area (TPSA) is 87.0 Å². The number of halogens is 1. The van der Waals surface area contributed by atoms with E-state index in [0.29, 0.717) is 16.8 Å². The molecule has 2 aromatic carbocycles. The lowest BCUT2D eigenvalue weighted by Crippen LogP contribution is -2.47. The molecule has 0 amide bonds. The molecule has 320 valence electrons. The molecule has 0 unspecified atom stereocenters. The molecule has 0 radical (unpaired) electrons. The number of nitrogens with one attached hydrogen (secondary N) is 1. The van der Waals surface area contributed by atoms with Gasteiger partial charge in [0.15, 0.2) is 0 Å². The number of nitrogens with zero attached hydrogens (tertiary/aromatic N) is 5. The van der Waals surface area contributed by atoms with Crippen LogP contribution in [-0.4, -0.2) is 57.6 Å². The van der Waals surface area contributed by atoms with Crippen LogP contribution >= 0.6 is 12.8 Å². The molecular formula is C52H64FN7S. The van der Waals surface area contributed by atoms with E-state index >= 15 is 0 Å². The first kappa shape index (κ1) is 46.7. The van der Waals surface area contributed by atoms with Gasteiger partial charge in [0.2, 0.25) is 0 Å². The number of anilines is 1. The highest BCUT2D eigenvalue weighted by atomic mass is 32.1. The first-order valence-corrected chi connectivity index (χ1v) is 22.0. The van der Waals surface area contributed by atoms with E-state index in [1.165, 1.54) is 35.7 Å². The smallest absolute Gasteiger partial charge is 0.149 e. The minimum atomic E-state index is -0.342. The van der Waals surface area contributed by atoms with Gasteiger partial charge in [-0.2, -0.15) is 0 Å². The van der Waals surface area contributed by atoms with Crippen LogP contribution in [-0.2, 0) is 6.42 Å². The quantitative estimate of drug-likeness (QED) is 0.126. The van der Waals surface area contributed by atoms with Crippen LogP contribution in [0.15, 0.2) is 116 Å². The van der Waals surface area contributed by atoms with Gasteiger partial charge in [-0.15, -0.1) is 12.8 Å². The first-order valence-electron chi connectivity index (χ1n) is 21.5. The summed E-state index contributed by atoms with van der Waals surface area (Å²) in [6.45, 7) is 28.4. The lowest BCUT2D eigenvalue weighted by molar-refractivity contribution is 0.264. The Morgan fingerprint density at radius 3 is 2.34 bits per heavy atom. The Morgan fingerprint density at radius 2 is 1.66 bits per heavy atom. The Morgan fingerprint density at radius 1 is 0.918 bits per heavy atom. The fourth-order valence-electron chi connectivity index (χ4n) is 8.02. The highest BCUT2D eigenvalue weighted by molar-refractivity contribution is 7.77. The summed E-state index contributed by atoms with van der Waals surface area (Å²) in [6, 6.07) is 26.7. The number of hydrogen-bond donors (Lipinski definition) is 3. The van der Waals surface area contributed by atoms with E-state index in [2.05, 4.69) is 126 Å². The summed E-state index contributed by atoms with van der Waals surface area (Å²) < 4.78 is 14.9. The highest BCUT2D eigenvalue weighted by Gasteiger charge is 2.29. The van der Waals surface area contributed by atoms with Crippen LogP contribution in [0.25, 0.3) is 39.5 Å². The zero-order valence-corrected chi connectivity index (χ0v) is 38.1. The number of piperazine rings is 1. The van der Waals surface area contributed by atoms with Gasteiger partial charge in [0.25, 0.3) is 0 Å². The van der Waals surface area contributed by atoms with Gasteiger partial charge in [-0.1, -0.05) is 95.3 Å². The summed E-state index contributed by atoms with van der Waals surface area (Å²) in [7, 11) is 0. The number of hydrogen-bond acceptors (Lipinski definition) is 7. The maximum atomic E-state index is 14.9. The standard InChI is InChI=1S/C41H47FN4.C9H8N2.C2H6.H3NS/c1-7-34-25-32(17-19-43-34)40-38(42)14-15-39(44-40)30(4)36-13-12-35(24-29(36)3)46-22-20-45(21-23-46)27-33-16-18-41(5,6)26-37(33)31-10-8-28(2)9-11-31;1-2-7-5-8-3-4-10-9(8)11-6-7;2*1-2/h8-15,17,19,24-25H,4,7,16,18,20-23,26-27H2,1-3,5-6H3;2-6H,1H2,(H,10,11);1-2H3;2H,1H2. The molecule has 1 fully saturated rings. The van der Waals surface area contributed by atoms with Gasteiger partial charge >= 0.3 is 0 Å². The minimum absolute atomic E-state index is 0.335. The number of thiol groups is 1. The van der Waals surface area contributed by atoms with Crippen molar-refractivity contribution in [1.82, 2.24) is 24.8 Å². The average molecular weight is 838 g/mol. The lowest BCUT2D eigenvalue weighted by Gasteiger charge is -2.39. The summed E-state index contributed by atoms with van der Waals surface area (Å²) >= 11 is 3.03. The van der Waals surface area contributed by atoms with Gasteiger partial charge in [-0.3, -0.25) is 15.0 Å². The van der Waals surface area contributed by atoms with Crippen LogP contribution in [0.5, 0.6) is 0 Å². The van der Waals surface area contributed by atoms with E-state index in [4.69, 9.17) is 4.98 Å². The zero-order valence-electron chi connectivity index (χ0n) is 37.2. The molecule has 9 heteroatoms. The Balaban J connectivity index is 0.000000398. The predicted octanol–water partition coefficient (Wildman–Crippen LogP) is 12.3. The number of aryl methyl sites for hydroxylation is 3. The molecular weight excluding hydrogens is 774 g/mol. The summed E-state index contributed by atoms with van der Waals surface area (Å²) in [5.74, 6) is -0.342. The van der Waals surface area contributed by atoms with E-state index in [1.54, 1.807) is 35.7 Å². The molecule has 7 nitrogen and oxygen atoms in total. The van der Waals surface area contributed by atoms with Gasteiger partial charge in [-0.05, 0) is 121 Å². The lowest BCUT2D eigenvalue weighted by atomic mass is 9.72. The molecule has 0 bridgehead atoms. The highest BCUT2D eigenvalue weighted by Crippen LogP contribution is 2.43. The number of benzene rings is 2. The van der Waals surface area contributed by atoms with Gasteiger partial charge in [-0.25, -0.2) is 14.4 Å². The van der Waals surface area contributed by atoms with Gasteiger partial charge in [0, 0.05) is 79.2 Å². The molecule has 4 aromatic heterocycles. The molecule has 5 heterocycles. The van der Waals surface area contributed by atoms with Crippen molar-refractivity contribution in [2.24, 2.45) is 10.6 Å². The van der Waals surface area contributed by atoms with Crippen molar-refractivity contribution in [1.29, 1.82) is 0 Å². The first-order chi connectivity index (χ1) is 29.5. The number of H-pyrrole nitrogens is 1. The second-order valence-electron chi connectivity index (χ2n) is 16.3. The van der Waals surface area contributed by atoms with Crippen LogP contribution in [0, 0.1) is 25.1 Å². The number of allylic oxidation sites excluding steroid dienone is 1. The van der Waals surface area contributed by atoms with Crippen molar-refractivity contribution >= 4 is 46.8 Å². The predicted molar refractivity (Wildman–Crippen MR) is 261 cm³/mol. The zero-order chi connectivity index (χ0) is 44.1. The van der Waals surface area contributed by atoms with Gasteiger partial charge in [0.05, 0.1) is 5.69 Å². The largest absolute Gasteiger partial charge is 0.369 e. The molecule has 1 aliphatic heterocycles. The van der Waals surface area contributed by atoms with Crippen LogP contribution in [0.2, 0.25) is 0 Å². The Bertz CT molecular complexity index is 2420. The molecule has 6 aromatic rings. The molecule has 2 aliphatic rings. The van der Waals surface area contributed by atoms with E-state index in [1.807, 2.05) is 51.2 Å². The second-order valence-corrected chi connectivity index (χ2v) is 16.3. The second kappa shape index (κ2) is 22.0. The maximum Gasteiger partial charge on any atom is 0.149 e. The van der Waals surface area contributed by atoms with Crippen LogP contribution in [0.3, 0.4) is 0 Å². The third-order valence-corrected chi connectivity index (χ3v) is 11.5. The molecule has 1 saturated heterocycles. The van der Waals surface area contributed by atoms with E-state index in [-0.39, 0.29) is 5.82 Å². The fraction of sp³-hybridized carbons (Fsp3) is 0.327. The van der Waals surface area contributed by atoms with Crippen molar-refractivity contribution < 1.29 is 4.39 Å². The third kappa shape index (κ3) is 11.9. The number of aromatic nitrogens is 4. The maximum absolute atomic E-state index is 14.9. The molecule has 0 spiro atoms. The molecule has 0 atom stereocenters. The number of fused-ring (bicyclic) bond motifs is 1. The summed E-state index contributed by atoms with van der Waals surface area (Å²) in [5.41, 5.74) is 15.1. The van der Waals surface area contributed by atoms with E-state index in [0.717, 1.165) is 90.1 Å². The third-order valence-electron chi connectivity index (χ3n) is 11.5. The monoisotopic (exact) mass is 837 g/mol. The van der Waals surface area contributed by atoms with Crippen molar-refractivity contribution in [3.63, 3.8) is 0 Å². The summed E-state index contributed by atoms with van der Waals surface area (Å²) in [4.78, 5) is 21.4. The summed E-state index contributed by atoms with van der Waals surface area (Å²) in [6.07, 6.45) is 11.6. The minimum Gasteiger partial charge on any atom is -0.369 e. The van der Waals surface area contributed by atoms with Gasteiger partial charge in [0.1, 0.15) is 17.2 Å². The van der Waals surface area contributed by atoms with Gasteiger partial charge < -0.3 is 9.88 Å². The molecule has 61 heavy (non-hydrogen) atoms. The Labute approximate surface area is 369 Å². The van der Waals surface area contributed by atoms with E-state index < -0.39 is 0 Å². The average Bonchev–Trinajstić information content (AvgIpc) is 3.77. The molecule has 0 saturated carbocycles.